The Morgan fingerprint density at radius 3 is 3.00 bits per heavy atom. The van der Waals surface area contributed by atoms with E-state index in [1.165, 1.54) is 10.5 Å². The number of rotatable bonds is 0. The summed E-state index contributed by atoms with van der Waals surface area (Å²) in [6, 6.07) is 0. The standard InChI is InChI=1S/C5H2ClIN4/c6-11-4-3(1-10-11)8-2-9-5(4)7/h1-2H. The van der Waals surface area contributed by atoms with Crippen LogP contribution in [0.2, 0.25) is 0 Å². The molecule has 0 N–H and O–H groups in total. The summed E-state index contributed by atoms with van der Waals surface area (Å²) in [5, 5.41) is 3.83. The number of fused-ring (bicyclic) bond motifs is 1. The lowest BCUT2D eigenvalue weighted by molar-refractivity contribution is 1.02. The monoisotopic (exact) mass is 280 g/mol. The molecule has 0 aromatic carbocycles. The van der Waals surface area contributed by atoms with Gasteiger partial charge in [0.2, 0.25) is 0 Å². The van der Waals surface area contributed by atoms with E-state index in [2.05, 4.69) is 37.7 Å². The van der Waals surface area contributed by atoms with Crippen molar-refractivity contribution in [1.29, 1.82) is 0 Å². The predicted molar refractivity (Wildman–Crippen MR) is 49.3 cm³/mol. The summed E-state index contributed by atoms with van der Waals surface area (Å²) in [5.74, 6) is 0. The van der Waals surface area contributed by atoms with Crippen LogP contribution >= 0.6 is 34.4 Å². The third-order valence-corrected chi connectivity index (χ3v) is 2.32. The van der Waals surface area contributed by atoms with Gasteiger partial charge < -0.3 is 0 Å². The van der Waals surface area contributed by atoms with Crippen LogP contribution in [0.15, 0.2) is 12.5 Å². The summed E-state index contributed by atoms with van der Waals surface area (Å²) in [7, 11) is 0. The first-order chi connectivity index (χ1) is 5.29. The largest absolute Gasteiger partial charge is 0.233 e. The van der Waals surface area contributed by atoms with Crippen molar-refractivity contribution in [1.82, 2.24) is 19.3 Å². The smallest absolute Gasteiger partial charge is 0.137 e. The van der Waals surface area contributed by atoms with Crippen molar-refractivity contribution in [2.24, 2.45) is 0 Å². The van der Waals surface area contributed by atoms with Gasteiger partial charge in [0.05, 0.1) is 6.20 Å². The molecule has 0 atom stereocenters. The highest BCUT2D eigenvalue weighted by atomic mass is 127. The molecular weight excluding hydrogens is 278 g/mol. The van der Waals surface area contributed by atoms with Crippen LogP contribution in [-0.2, 0) is 0 Å². The Labute approximate surface area is 80.8 Å². The molecule has 2 aromatic rings. The Kier molecular flexibility index (Phi) is 1.68. The third kappa shape index (κ3) is 1.08. The van der Waals surface area contributed by atoms with Crippen molar-refractivity contribution in [2.45, 2.75) is 0 Å². The minimum absolute atomic E-state index is 0.759. The van der Waals surface area contributed by atoms with Crippen LogP contribution in [0.5, 0.6) is 0 Å². The molecule has 0 aliphatic rings. The Morgan fingerprint density at radius 1 is 1.45 bits per heavy atom. The van der Waals surface area contributed by atoms with E-state index in [1.807, 2.05) is 0 Å². The first-order valence-electron chi connectivity index (χ1n) is 2.79. The van der Waals surface area contributed by atoms with Crippen LogP contribution in [-0.4, -0.2) is 19.3 Å². The quantitative estimate of drug-likeness (QED) is 0.542. The first kappa shape index (κ1) is 7.23. The maximum absolute atomic E-state index is 5.70. The van der Waals surface area contributed by atoms with Gasteiger partial charge in [-0.05, 0) is 22.6 Å². The van der Waals surface area contributed by atoms with Crippen LogP contribution in [0.3, 0.4) is 0 Å². The number of nitrogens with zero attached hydrogens (tertiary/aromatic N) is 4. The molecule has 0 saturated carbocycles. The average Bonchev–Trinajstić information content (AvgIpc) is 2.34. The van der Waals surface area contributed by atoms with Crippen LogP contribution < -0.4 is 0 Å². The fraction of sp³-hybridized carbons (Fsp3) is 0. The summed E-state index contributed by atoms with van der Waals surface area (Å²) in [6.07, 6.45) is 3.09. The molecule has 0 amide bonds. The molecule has 6 heteroatoms. The van der Waals surface area contributed by atoms with Gasteiger partial charge in [-0.1, -0.05) is 0 Å². The minimum atomic E-state index is 0.759. The van der Waals surface area contributed by atoms with E-state index < -0.39 is 0 Å². The highest BCUT2D eigenvalue weighted by Gasteiger charge is 2.05. The van der Waals surface area contributed by atoms with Crippen molar-refractivity contribution >= 4 is 45.4 Å². The number of aromatic nitrogens is 4. The molecule has 0 aliphatic carbocycles. The van der Waals surface area contributed by atoms with E-state index >= 15 is 0 Å². The molecule has 0 bridgehead atoms. The Balaban J connectivity index is 2.96. The first-order valence-corrected chi connectivity index (χ1v) is 4.21. The van der Waals surface area contributed by atoms with Crippen molar-refractivity contribution < 1.29 is 0 Å². The van der Waals surface area contributed by atoms with Crippen molar-refractivity contribution in [3.63, 3.8) is 0 Å². The van der Waals surface area contributed by atoms with Gasteiger partial charge in [0.25, 0.3) is 0 Å². The topological polar surface area (TPSA) is 43.6 Å². The summed E-state index contributed by atoms with van der Waals surface area (Å²) >= 11 is 7.78. The van der Waals surface area contributed by atoms with E-state index in [0.29, 0.717) is 0 Å². The zero-order valence-corrected chi connectivity index (χ0v) is 8.11. The van der Waals surface area contributed by atoms with Crippen LogP contribution in [0.4, 0.5) is 0 Å². The molecule has 0 fully saturated rings. The van der Waals surface area contributed by atoms with E-state index in [1.54, 1.807) is 6.20 Å². The minimum Gasteiger partial charge on any atom is -0.233 e. The van der Waals surface area contributed by atoms with Gasteiger partial charge >= 0.3 is 0 Å². The lowest BCUT2D eigenvalue weighted by Crippen LogP contribution is -1.88. The molecule has 56 valence electrons. The van der Waals surface area contributed by atoms with E-state index in [-0.39, 0.29) is 0 Å². The highest BCUT2D eigenvalue weighted by Crippen LogP contribution is 2.15. The second-order valence-electron chi connectivity index (χ2n) is 1.90. The van der Waals surface area contributed by atoms with Gasteiger partial charge in [0.15, 0.2) is 0 Å². The fourth-order valence-corrected chi connectivity index (χ4v) is 1.78. The second kappa shape index (κ2) is 2.56. The molecule has 0 radical (unpaired) electrons. The lowest BCUT2D eigenvalue weighted by atomic mass is 10.5. The summed E-state index contributed by atoms with van der Waals surface area (Å²) in [5.41, 5.74) is 1.52. The SMILES string of the molecule is Cln1ncc2ncnc(I)c21. The summed E-state index contributed by atoms with van der Waals surface area (Å²) in [6.45, 7) is 0. The third-order valence-electron chi connectivity index (χ3n) is 1.27. The second-order valence-corrected chi connectivity index (χ2v) is 3.25. The summed E-state index contributed by atoms with van der Waals surface area (Å²) < 4.78 is 2.05. The van der Waals surface area contributed by atoms with Crippen LogP contribution in [0.25, 0.3) is 11.0 Å². The Bertz CT molecular complexity index is 398. The van der Waals surface area contributed by atoms with Crippen molar-refractivity contribution in [2.75, 3.05) is 0 Å². The molecule has 2 heterocycles. The van der Waals surface area contributed by atoms with Gasteiger partial charge in [-0.3, -0.25) is 0 Å². The Hall–Kier alpha value is -0.430. The van der Waals surface area contributed by atoms with Gasteiger partial charge in [0, 0.05) is 11.8 Å². The molecular formula is C5H2ClIN4. The molecule has 4 nitrogen and oxygen atoms in total. The molecule has 0 unspecified atom stereocenters. The number of hydrogen-bond donors (Lipinski definition) is 0. The van der Waals surface area contributed by atoms with Gasteiger partial charge in [0.1, 0.15) is 21.1 Å². The maximum Gasteiger partial charge on any atom is 0.137 e. The van der Waals surface area contributed by atoms with Gasteiger partial charge in [-0.15, -0.1) is 0 Å². The molecule has 0 aliphatic heterocycles. The molecule has 0 saturated heterocycles. The normalized spacial score (nSPS) is 10.7. The number of halogens is 2. The zero-order valence-electron chi connectivity index (χ0n) is 5.20. The molecule has 2 aromatic heterocycles. The molecule has 0 spiro atoms. The zero-order chi connectivity index (χ0) is 7.84. The van der Waals surface area contributed by atoms with E-state index in [9.17, 15) is 0 Å². The van der Waals surface area contributed by atoms with Crippen molar-refractivity contribution in [3.8, 4) is 0 Å². The summed E-state index contributed by atoms with van der Waals surface area (Å²) in [4.78, 5) is 7.95. The van der Waals surface area contributed by atoms with E-state index in [0.717, 1.165) is 14.7 Å². The Morgan fingerprint density at radius 2 is 2.27 bits per heavy atom. The predicted octanol–water partition coefficient (Wildman–Crippen LogP) is 1.43. The highest BCUT2D eigenvalue weighted by molar-refractivity contribution is 14.1. The maximum atomic E-state index is 5.70. The number of hydrogen-bond acceptors (Lipinski definition) is 3. The lowest BCUT2D eigenvalue weighted by Gasteiger charge is -1.91. The average molecular weight is 280 g/mol. The van der Waals surface area contributed by atoms with Gasteiger partial charge in [-0.25, -0.2) is 9.97 Å². The van der Waals surface area contributed by atoms with Crippen LogP contribution in [0.1, 0.15) is 0 Å². The molecule has 11 heavy (non-hydrogen) atoms. The van der Waals surface area contributed by atoms with Crippen LogP contribution in [0, 0.1) is 3.70 Å². The van der Waals surface area contributed by atoms with E-state index in [4.69, 9.17) is 11.8 Å². The fourth-order valence-electron chi connectivity index (χ4n) is 0.798. The van der Waals surface area contributed by atoms with Gasteiger partial charge in [-0.2, -0.15) is 9.30 Å². The molecule has 2 rings (SSSR count). The van der Waals surface area contributed by atoms with Crippen molar-refractivity contribution in [3.05, 3.63) is 16.2 Å².